The van der Waals surface area contributed by atoms with E-state index in [9.17, 15) is 4.79 Å². The molecule has 1 aliphatic heterocycles. The minimum Gasteiger partial charge on any atom is -0.311 e. The first kappa shape index (κ1) is 11.2. The number of carbonyl (C=O) groups is 1. The van der Waals surface area contributed by atoms with Crippen LogP contribution in [0.1, 0.15) is 11.3 Å². The predicted molar refractivity (Wildman–Crippen MR) is 71.0 cm³/mol. The van der Waals surface area contributed by atoms with Gasteiger partial charge in [-0.25, -0.2) is 4.79 Å². The zero-order valence-corrected chi connectivity index (χ0v) is 10.4. The highest BCUT2D eigenvalue weighted by Gasteiger charge is 2.17. The largest absolute Gasteiger partial charge is 0.325 e. The summed E-state index contributed by atoms with van der Waals surface area (Å²) in [5.74, 6) is 0.626. The van der Waals surface area contributed by atoms with E-state index >= 15 is 0 Å². The van der Waals surface area contributed by atoms with Crippen LogP contribution in [0, 0.1) is 0 Å². The number of hydrogen-bond donors (Lipinski definition) is 4. The summed E-state index contributed by atoms with van der Waals surface area (Å²) < 4.78 is 0. The van der Waals surface area contributed by atoms with Crippen LogP contribution in [0.3, 0.4) is 0 Å². The van der Waals surface area contributed by atoms with Crippen LogP contribution in [-0.2, 0) is 13.0 Å². The highest BCUT2D eigenvalue weighted by molar-refractivity contribution is 7.14. The van der Waals surface area contributed by atoms with Gasteiger partial charge < -0.3 is 5.32 Å². The first-order chi connectivity index (χ1) is 8.83. The Morgan fingerprint density at radius 2 is 2.39 bits per heavy atom. The minimum absolute atomic E-state index is 0.259. The highest BCUT2D eigenvalue weighted by atomic mass is 32.1. The number of aromatic nitrogens is 2. The molecule has 0 spiro atoms. The molecule has 94 valence electrons. The van der Waals surface area contributed by atoms with Crippen LogP contribution in [0.5, 0.6) is 0 Å². The van der Waals surface area contributed by atoms with Gasteiger partial charge in [0.05, 0.1) is 10.7 Å². The molecule has 0 radical (unpaired) electrons. The summed E-state index contributed by atoms with van der Waals surface area (Å²) in [5, 5.41) is 18.6. The van der Waals surface area contributed by atoms with E-state index in [2.05, 4.69) is 26.1 Å². The second kappa shape index (κ2) is 4.79. The van der Waals surface area contributed by atoms with Crippen LogP contribution in [-0.4, -0.2) is 22.8 Å². The first-order valence-electron chi connectivity index (χ1n) is 5.71. The number of rotatable bonds is 2. The molecule has 2 aromatic heterocycles. The van der Waals surface area contributed by atoms with Crippen LogP contribution in [0.4, 0.5) is 15.6 Å². The fraction of sp³-hybridized carbons (Fsp3) is 0.273. The third-order valence-corrected chi connectivity index (χ3v) is 3.58. The van der Waals surface area contributed by atoms with Crippen molar-refractivity contribution < 1.29 is 4.79 Å². The van der Waals surface area contributed by atoms with Crippen molar-refractivity contribution in [3.63, 3.8) is 0 Å². The molecular formula is C11H13N5OS. The molecule has 1 aliphatic rings. The standard InChI is InChI=1S/C11H13N5OS/c17-11(13-9-2-1-5-18-9)14-10-7-3-4-12-6-8(7)15-16-10/h1-2,5,12H,3-4,6H2,(H3,13,14,15,16,17). The van der Waals surface area contributed by atoms with Crippen molar-refractivity contribution in [1.82, 2.24) is 15.5 Å². The molecule has 3 rings (SSSR count). The third-order valence-electron chi connectivity index (χ3n) is 2.80. The lowest BCUT2D eigenvalue weighted by atomic mass is 10.1. The van der Waals surface area contributed by atoms with Gasteiger partial charge in [-0.2, -0.15) is 5.10 Å². The van der Waals surface area contributed by atoms with Crippen molar-refractivity contribution in [2.75, 3.05) is 17.2 Å². The van der Waals surface area contributed by atoms with Crippen molar-refractivity contribution >= 4 is 28.2 Å². The summed E-state index contributed by atoms with van der Waals surface area (Å²) >= 11 is 1.48. The number of amides is 2. The van der Waals surface area contributed by atoms with Gasteiger partial charge >= 0.3 is 6.03 Å². The lowest BCUT2D eigenvalue weighted by Crippen LogP contribution is -2.25. The number of anilines is 2. The maximum Gasteiger partial charge on any atom is 0.325 e. The van der Waals surface area contributed by atoms with Gasteiger partial charge in [-0.1, -0.05) is 0 Å². The van der Waals surface area contributed by atoms with Crippen molar-refractivity contribution in [1.29, 1.82) is 0 Å². The number of H-pyrrole nitrogens is 1. The van der Waals surface area contributed by atoms with E-state index in [4.69, 9.17) is 0 Å². The monoisotopic (exact) mass is 263 g/mol. The number of aromatic amines is 1. The molecule has 2 amide bonds. The predicted octanol–water partition coefficient (Wildman–Crippen LogP) is 1.76. The fourth-order valence-electron chi connectivity index (χ4n) is 1.95. The van der Waals surface area contributed by atoms with Crippen LogP contribution in [0.2, 0.25) is 0 Å². The Labute approximate surface area is 108 Å². The second-order valence-corrected chi connectivity index (χ2v) is 4.96. The molecule has 0 saturated heterocycles. The Kier molecular flexibility index (Phi) is 2.99. The quantitative estimate of drug-likeness (QED) is 0.666. The van der Waals surface area contributed by atoms with Crippen molar-refractivity contribution in [2.24, 2.45) is 0 Å². The average Bonchev–Trinajstić information content (AvgIpc) is 3.00. The molecule has 6 nitrogen and oxygen atoms in total. The van der Waals surface area contributed by atoms with Gasteiger partial charge in [0.25, 0.3) is 0 Å². The molecule has 0 bridgehead atoms. The van der Waals surface area contributed by atoms with Gasteiger partial charge in [0, 0.05) is 12.1 Å². The molecule has 2 aromatic rings. The number of carbonyl (C=O) groups excluding carboxylic acids is 1. The lowest BCUT2D eigenvalue weighted by Gasteiger charge is -2.13. The van der Waals surface area contributed by atoms with Crippen LogP contribution in [0.15, 0.2) is 17.5 Å². The Balaban J connectivity index is 1.69. The van der Waals surface area contributed by atoms with E-state index in [1.165, 1.54) is 11.3 Å². The normalized spacial score (nSPS) is 14.0. The van der Waals surface area contributed by atoms with E-state index in [1.807, 2.05) is 17.5 Å². The van der Waals surface area contributed by atoms with Crippen molar-refractivity contribution in [3.05, 3.63) is 28.8 Å². The molecule has 4 N–H and O–H groups in total. The fourth-order valence-corrected chi connectivity index (χ4v) is 2.56. The zero-order chi connectivity index (χ0) is 12.4. The van der Waals surface area contributed by atoms with E-state index in [-0.39, 0.29) is 6.03 Å². The van der Waals surface area contributed by atoms with E-state index in [0.717, 1.165) is 35.8 Å². The van der Waals surface area contributed by atoms with E-state index < -0.39 is 0 Å². The molecule has 0 aliphatic carbocycles. The second-order valence-electron chi connectivity index (χ2n) is 4.01. The summed E-state index contributed by atoms with van der Waals surface area (Å²) in [6, 6.07) is 3.49. The smallest absolute Gasteiger partial charge is 0.311 e. The van der Waals surface area contributed by atoms with Gasteiger partial charge in [0.15, 0.2) is 5.82 Å². The van der Waals surface area contributed by atoms with Crippen LogP contribution in [0.25, 0.3) is 0 Å². The van der Waals surface area contributed by atoms with Crippen LogP contribution >= 0.6 is 11.3 Å². The Bertz CT molecular complexity index is 548. The molecule has 0 aromatic carbocycles. The topological polar surface area (TPSA) is 81.8 Å². The van der Waals surface area contributed by atoms with Gasteiger partial charge in [0.1, 0.15) is 0 Å². The maximum atomic E-state index is 11.8. The summed E-state index contributed by atoms with van der Waals surface area (Å²) in [4.78, 5) is 11.8. The number of fused-ring (bicyclic) bond motifs is 1. The summed E-state index contributed by atoms with van der Waals surface area (Å²) in [7, 11) is 0. The molecule has 0 fully saturated rings. The number of urea groups is 1. The minimum atomic E-state index is -0.259. The maximum absolute atomic E-state index is 11.8. The number of thiophene rings is 1. The van der Waals surface area contributed by atoms with Crippen molar-refractivity contribution in [3.8, 4) is 0 Å². The molecule has 0 atom stereocenters. The molecular weight excluding hydrogens is 250 g/mol. The highest BCUT2D eigenvalue weighted by Crippen LogP contribution is 2.20. The summed E-state index contributed by atoms with van der Waals surface area (Å²) in [5.41, 5.74) is 2.14. The summed E-state index contributed by atoms with van der Waals surface area (Å²) in [6.45, 7) is 1.68. The number of nitrogens with zero attached hydrogens (tertiary/aromatic N) is 1. The number of nitrogens with one attached hydrogen (secondary N) is 4. The summed E-state index contributed by atoms with van der Waals surface area (Å²) in [6.07, 6.45) is 0.875. The van der Waals surface area contributed by atoms with E-state index in [1.54, 1.807) is 0 Å². The van der Waals surface area contributed by atoms with E-state index in [0.29, 0.717) is 5.82 Å². The zero-order valence-electron chi connectivity index (χ0n) is 9.62. The van der Waals surface area contributed by atoms with Crippen molar-refractivity contribution in [2.45, 2.75) is 13.0 Å². The van der Waals surface area contributed by atoms with Gasteiger partial charge in [-0.15, -0.1) is 11.3 Å². The Morgan fingerprint density at radius 3 is 3.22 bits per heavy atom. The number of hydrogen-bond acceptors (Lipinski definition) is 4. The Hall–Kier alpha value is -1.86. The molecule has 7 heteroatoms. The van der Waals surface area contributed by atoms with Gasteiger partial charge in [0.2, 0.25) is 0 Å². The third kappa shape index (κ3) is 2.22. The molecule has 0 saturated carbocycles. The lowest BCUT2D eigenvalue weighted by molar-refractivity contribution is 0.262. The average molecular weight is 263 g/mol. The molecule has 18 heavy (non-hydrogen) atoms. The van der Waals surface area contributed by atoms with Gasteiger partial charge in [-0.3, -0.25) is 15.7 Å². The Morgan fingerprint density at radius 1 is 1.44 bits per heavy atom. The molecule has 0 unspecified atom stereocenters. The SMILES string of the molecule is O=C(Nc1cccs1)Nc1n[nH]c2c1CCNC2. The first-order valence-corrected chi connectivity index (χ1v) is 6.59. The van der Waals surface area contributed by atoms with Gasteiger partial charge in [-0.05, 0) is 30.5 Å². The van der Waals surface area contributed by atoms with Crippen LogP contribution < -0.4 is 16.0 Å². The molecule has 3 heterocycles.